The molecule has 0 saturated carbocycles. The van der Waals surface area contributed by atoms with Gasteiger partial charge in [0.25, 0.3) is 0 Å². The number of nitro groups is 2. The second-order valence-electron chi connectivity index (χ2n) is 2.12. The number of hydrogen-bond acceptors (Lipinski definition) is 4. The predicted octanol–water partition coefficient (Wildman–Crippen LogP) is 0.998. The number of hydrogen-bond donors (Lipinski definition) is 0. The highest BCUT2D eigenvalue weighted by molar-refractivity contribution is 5.10. The molecule has 0 heterocycles. The molecule has 0 unspecified atom stereocenters. The summed E-state index contributed by atoms with van der Waals surface area (Å²) >= 11 is 0. The van der Waals surface area contributed by atoms with Crippen molar-refractivity contribution in [1.29, 1.82) is 0 Å². The van der Waals surface area contributed by atoms with Gasteiger partial charge in [-0.3, -0.25) is 20.2 Å². The summed E-state index contributed by atoms with van der Waals surface area (Å²) in [5.41, 5.74) is 0.286. The van der Waals surface area contributed by atoms with E-state index in [9.17, 15) is 20.2 Å². The summed E-state index contributed by atoms with van der Waals surface area (Å²) in [6.45, 7) is 6.64. The maximum absolute atomic E-state index is 10.1. The molecule has 0 amide bonds. The smallest absolute Gasteiger partial charge is 0.259 e. The molecule has 0 spiro atoms. The highest BCUT2D eigenvalue weighted by Gasteiger charge is 2.31. The number of allylic oxidation sites excluding steroid dienone is 1. The Morgan fingerprint density at radius 1 is 1.42 bits per heavy atom. The Morgan fingerprint density at radius 2 is 1.83 bits per heavy atom. The third-order valence-electron chi connectivity index (χ3n) is 1.22. The maximum Gasteiger partial charge on any atom is 0.454 e. The Hall–Kier alpha value is -1.72. The van der Waals surface area contributed by atoms with Crippen molar-refractivity contribution in [2.75, 3.05) is 0 Å². The van der Waals surface area contributed by atoms with Crippen LogP contribution in [0.15, 0.2) is 24.8 Å². The van der Waals surface area contributed by atoms with Crippen molar-refractivity contribution in [3.8, 4) is 0 Å². The van der Waals surface area contributed by atoms with Gasteiger partial charge in [-0.25, -0.2) is 0 Å². The minimum absolute atomic E-state index is 0.286. The van der Waals surface area contributed by atoms with E-state index in [-0.39, 0.29) is 12.0 Å². The summed E-state index contributed by atoms with van der Waals surface area (Å²) < 4.78 is 0. The second-order valence-corrected chi connectivity index (χ2v) is 2.12. The Morgan fingerprint density at radius 3 is 2.08 bits per heavy atom. The van der Waals surface area contributed by atoms with Crippen molar-refractivity contribution in [3.63, 3.8) is 0 Å². The van der Waals surface area contributed by atoms with Crippen LogP contribution < -0.4 is 0 Å². The molecule has 0 aliphatic rings. The van der Waals surface area contributed by atoms with Gasteiger partial charge in [-0.15, -0.1) is 0 Å². The number of nitrogens with zero attached hydrogens (tertiary/aromatic N) is 2. The van der Waals surface area contributed by atoms with E-state index in [1.54, 1.807) is 0 Å². The van der Waals surface area contributed by atoms with Crippen LogP contribution in [0.3, 0.4) is 0 Å². The van der Waals surface area contributed by atoms with E-state index in [4.69, 9.17) is 0 Å². The number of rotatable bonds is 5. The minimum atomic E-state index is -1.81. The van der Waals surface area contributed by atoms with Gasteiger partial charge in [-0.2, -0.15) is 0 Å². The molecule has 0 N–H and O–H groups in total. The van der Waals surface area contributed by atoms with E-state index in [1.807, 2.05) is 0 Å². The molecule has 12 heavy (non-hydrogen) atoms. The van der Waals surface area contributed by atoms with E-state index in [1.165, 1.54) is 6.08 Å². The van der Waals surface area contributed by atoms with Gasteiger partial charge in [0, 0.05) is 0 Å². The molecule has 0 aromatic carbocycles. The summed E-state index contributed by atoms with van der Waals surface area (Å²) in [4.78, 5) is 18.3. The van der Waals surface area contributed by atoms with Gasteiger partial charge in [-0.05, 0) is 5.57 Å². The summed E-state index contributed by atoms with van der Waals surface area (Å²) in [7, 11) is 0. The summed E-state index contributed by atoms with van der Waals surface area (Å²) in [6, 6.07) is 0. The quantitative estimate of drug-likeness (QED) is 0.268. The van der Waals surface area contributed by atoms with Crippen molar-refractivity contribution < 1.29 is 9.85 Å². The SMILES string of the molecule is C=CC(=C)CC([N+](=O)[O-])[N+](=O)[O-]. The molecule has 0 aliphatic carbocycles. The van der Waals surface area contributed by atoms with E-state index in [0.717, 1.165) is 0 Å². The van der Waals surface area contributed by atoms with Gasteiger partial charge >= 0.3 is 6.17 Å². The van der Waals surface area contributed by atoms with Crippen molar-refractivity contribution >= 4 is 0 Å². The zero-order valence-corrected chi connectivity index (χ0v) is 6.30. The lowest BCUT2D eigenvalue weighted by Crippen LogP contribution is -2.28. The van der Waals surface area contributed by atoms with Gasteiger partial charge < -0.3 is 0 Å². The van der Waals surface area contributed by atoms with Crippen molar-refractivity contribution in [2.24, 2.45) is 0 Å². The maximum atomic E-state index is 10.1. The zero-order valence-electron chi connectivity index (χ0n) is 6.30. The molecule has 0 radical (unpaired) electrons. The van der Waals surface area contributed by atoms with Crippen LogP contribution in [0, 0.1) is 20.2 Å². The highest BCUT2D eigenvalue weighted by Crippen LogP contribution is 2.06. The van der Waals surface area contributed by atoms with Crippen LogP contribution in [0.2, 0.25) is 0 Å². The molecule has 0 bridgehead atoms. The van der Waals surface area contributed by atoms with Crippen LogP contribution in [0.25, 0.3) is 0 Å². The first kappa shape index (κ1) is 10.3. The normalized spacial score (nSPS) is 9.42. The molecule has 0 saturated heterocycles. The predicted molar refractivity (Wildman–Crippen MR) is 41.7 cm³/mol. The lowest BCUT2D eigenvalue weighted by Gasteiger charge is -2.00. The van der Waals surface area contributed by atoms with Gasteiger partial charge in [0.1, 0.15) is 6.42 Å². The molecule has 0 fully saturated rings. The fraction of sp³-hybridized carbons (Fsp3) is 0.333. The summed E-state index contributed by atoms with van der Waals surface area (Å²) in [5.74, 6) is 0. The van der Waals surface area contributed by atoms with Crippen LogP contribution >= 0.6 is 0 Å². The molecular weight excluding hydrogens is 164 g/mol. The van der Waals surface area contributed by atoms with Gasteiger partial charge in [0.2, 0.25) is 0 Å². The van der Waals surface area contributed by atoms with E-state index >= 15 is 0 Å². The molecule has 6 heteroatoms. The standard InChI is InChI=1S/C6H8N2O4/c1-3-5(2)4-6(7(9)10)8(11)12/h3,6H,1-2,4H2. The first-order valence-electron chi connectivity index (χ1n) is 3.06. The summed E-state index contributed by atoms with van der Waals surface area (Å²) in [5, 5.41) is 20.2. The van der Waals surface area contributed by atoms with E-state index in [2.05, 4.69) is 13.2 Å². The Kier molecular flexibility index (Phi) is 3.61. The fourth-order valence-electron chi connectivity index (χ4n) is 0.544. The summed E-state index contributed by atoms with van der Waals surface area (Å²) in [6.07, 6.45) is -0.848. The molecule has 66 valence electrons. The fourth-order valence-corrected chi connectivity index (χ4v) is 0.544. The van der Waals surface area contributed by atoms with Gasteiger partial charge in [-0.1, -0.05) is 19.2 Å². The van der Waals surface area contributed by atoms with E-state index < -0.39 is 16.0 Å². The molecule has 6 nitrogen and oxygen atoms in total. The Bertz CT molecular complexity index is 222. The van der Waals surface area contributed by atoms with Crippen molar-refractivity contribution in [1.82, 2.24) is 0 Å². The van der Waals surface area contributed by atoms with Crippen LogP contribution in [0.1, 0.15) is 6.42 Å². The minimum Gasteiger partial charge on any atom is -0.259 e. The first-order valence-corrected chi connectivity index (χ1v) is 3.06. The second kappa shape index (κ2) is 4.22. The van der Waals surface area contributed by atoms with Gasteiger partial charge in [0.15, 0.2) is 0 Å². The molecule has 0 atom stereocenters. The lowest BCUT2D eigenvalue weighted by molar-refractivity contribution is -0.741. The molecule has 0 rings (SSSR count). The molecular formula is C6H8N2O4. The molecule has 0 aromatic heterocycles. The zero-order chi connectivity index (χ0) is 9.72. The molecule has 0 aliphatic heterocycles. The largest absolute Gasteiger partial charge is 0.454 e. The third kappa shape index (κ3) is 2.91. The van der Waals surface area contributed by atoms with E-state index in [0.29, 0.717) is 0 Å². The third-order valence-corrected chi connectivity index (χ3v) is 1.22. The first-order chi connectivity index (χ1) is 5.49. The van der Waals surface area contributed by atoms with Gasteiger partial charge in [0.05, 0.1) is 9.85 Å². The van der Waals surface area contributed by atoms with Crippen molar-refractivity contribution in [2.45, 2.75) is 12.6 Å². The average molecular weight is 172 g/mol. The Labute approximate surface area is 68.5 Å². The topological polar surface area (TPSA) is 86.3 Å². The van der Waals surface area contributed by atoms with Crippen molar-refractivity contribution in [3.05, 3.63) is 45.0 Å². The molecule has 0 aromatic rings. The van der Waals surface area contributed by atoms with Crippen LogP contribution in [0.4, 0.5) is 0 Å². The Balaban J connectivity index is 4.34. The lowest BCUT2D eigenvalue weighted by atomic mass is 10.2. The monoisotopic (exact) mass is 172 g/mol. The van der Waals surface area contributed by atoms with Crippen LogP contribution in [-0.4, -0.2) is 16.0 Å². The van der Waals surface area contributed by atoms with Crippen LogP contribution in [0.5, 0.6) is 0 Å². The van der Waals surface area contributed by atoms with Crippen LogP contribution in [-0.2, 0) is 0 Å². The highest BCUT2D eigenvalue weighted by atomic mass is 16.7. The average Bonchev–Trinajstić information content (AvgIpc) is 1.98.